The zero-order chi connectivity index (χ0) is 13.8. The summed E-state index contributed by atoms with van der Waals surface area (Å²) in [5, 5.41) is 3.34. The highest BCUT2D eigenvalue weighted by Gasteiger charge is 2.39. The summed E-state index contributed by atoms with van der Waals surface area (Å²) in [5.74, 6) is 0.683. The van der Waals surface area contributed by atoms with Crippen LogP contribution in [0.2, 0.25) is 0 Å². The Hall–Kier alpha value is -0.130. The molecular weight excluding hydrogens is 260 g/mol. The van der Waals surface area contributed by atoms with Gasteiger partial charge in [-0.25, -0.2) is 13.1 Å². The zero-order valence-corrected chi connectivity index (χ0v) is 12.9. The molecule has 0 atom stereocenters. The third kappa shape index (κ3) is 3.92. The molecule has 4 nitrogen and oxygen atoms in total. The van der Waals surface area contributed by atoms with Crippen LogP contribution in [0.15, 0.2) is 0 Å². The molecular formula is C14H28N2O2S. The number of nitrogens with one attached hydrogen (secondary N) is 2. The van der Waals surface area contributed by atoms with Crippen LogP contribution < -0.4 is 10.0 Å². The quantitative estimate of drug-likeness (QED) is 0.813. The minimum Gasteiger partial charge on any atom is -0.317 e. The van der Waals surface area contributed by atoms with Crippen molar-refractivity contribution in [3.63, 3.8) is 0 Å². The van der Waals surface area contributed by atoms with Crippen LogP contribution in [0.5, 0.6) is 0 Å². The standard InChI is InChI=1S/C14H28N2O2S/c1-14(8-3-2-4-9-14)19(17,18)16-12-7-13-5-10-15-11-6-13/h13,15-16H,2-12H2,1H3. The van der Waals surface area contributed by atoms with E-state index < -0.39 is 14.8 Å². The van der Waals surface area contributed by atoms with Gasteiger partial charge in [0.05, 0.1) is 4.75 Å². The van der Waals surface area contributed by atoms with E-state index in [4.69, 9.17) is 0 Å². The van der Waals surface area contributed by atoms with Gasteiger partial charge in [-0.05, 0) is 58.0 Å². The lowest BCUT2D eigenvalue weighted by molar-refractivity contribution is 0.351. The van der Waals surface area contributed by atoms with Crippen molar-refractivity contribution >= 4 is 10.0 Å². The van der Waals surface area contributed by atoms with Gasteiger partial charge in [0.15, 0.2) is 0 Å². The Bertz CT molecular complexity index is 369. The van der Waals surface area contributed by atoms with Crippen molar-refractivity contribution in [2.45, 2.75) is 63.0 Å². The van der Waals surface area contributed by atoms with Gasteiger partial charge in [0, 0.05) is 6.54 Å². The summed E-state index contributed by atoms with van der Waals surface area (Å²) in [6.07, 6.45) is 8.25. The highest BCUT2D eigenvalue weighted by atomic mass is 32.2. The monoisotopic (exact) mass is 288 g/mol. The average Bonchev–Trinajstić information content (AvgIpc) is 2.40. The van der Waals surface area contributed by atoms with E-state index in [-0.39, 0.29) is 0 Å². The van der Waals surface area contributed by atoms with E-state index >= 15 is 0 Å². The van der Waals surface area contributed by atoms with Gasteiger partial charge >= 0.3 is 0 Å². The first-order valence-electron chi connectivity index (χ1n) is 7.73. The van der Waals surface area contributed by atoms with Crippen LogP contribution in [0.1, 0.15) is 58.3 Å². The fourth-order valence-corrected chi connectivity index (χ4v) is 4.87. The van der Waals surface area contributed by atoms with Crippen molar-refractivity contribution in [1.82, 2.24) is 10.0 Å². The second-order valence-corrected chi connectivity index (χ2v) is 8.67. The van der Waals surface area contributed by atoms with Gasteiger partial charge in [-0.2, -0.15) is 0 Å². The molecule has 0 aromatic rings. The summed E-state index contributed by atoms with van der Waals surface area (Å²) in [6.45, 7) is 4.69. The Labute approximate surface area is 117 Å². The molecule has 5 heteroatoms. The van der Waals surface area contributed by atoms with Crippen molar-refractivity contribution < 1.29 is 8.42 Å². The summed E-state index contributed by atoms with van der Waals surface area (Å²) in [4.78, 5) is 0. The fraction of sp³-hybridized carbons (Fsp3) is 1.00. The van der Waals surface area contributed by atoms with Crippen molar-refractivity contribution in [2.75, 3.05) is 19.6 Å². The Morgan fingerprint density at radius 3 is 2.42 bits per heavy atom. The molecule has 0 radical (unpaired) electrons. The molecule has 112 valence electrons. The predicted octanol–water partition coefficient (Wildman–Crippen LogP) is 2.02. The largest absolute Gasteiger partial charge is 0.317 e. The number of sulfonamides is 1. The lowest BCUT2D eigenvalue weighted by atomic mass is 9.90. The highest BCUT2D eigenvalue weighted by molar-refractivity contribution is 7.90. The van der Waals surface area contributed by atoms with E-state index in [1.165, 1.54) is 19.3 Å². The molecule has 1 saturated heterocycles. The molecule has 19 heavy (non-hydrogen) atoms. The maximum Gasteiger partial charge on any atom is 0.217 e. The maximum absolute atomic E-state index is 12.4. The molecule has 0 bridgehead atoms. The summed E-state index contributed by atoms with van der Waals surface area (Å²) in [7, 11) is -3.15. The molecule has 1 saturated carbocycles. The van der Waals surface area contributed by atoms with Gasteiger partial charge in [0.25, 0.3) is 0 Å². The molecule has 2 N–H and O–H groups in total. The molecule has 0 amide bonds. The molecule has 2 fully saturated rings. The van der Waals surface area contributed by atoms with E-state index in [9.17, 15) is 8.42 Å². The Morgan fingerprint density at radius 1 is 1.16 bits per heavy atom. The van der Waals surface area contributed by atoms with Crippen LogP contribution in [0.4, 0.5) is 0 Å². The van der Waals surface area contributed by atoms with Gasteiger partial charge in [-0.15, -0.1) is 0 Å². The lowest BCUT2D eigenvalue weighted by Gasteiger charge is -2.33. The van der Waals surface area contributed by atoms with E-state index in [1.54, 1.807) is 0 Å². The van der Waals surface area contributed by atoms with Crippen LogP contribution in [0, 0.1) is 5.92 Å². The fourth-order valence-electron chi connectivity index (χ4n) is 3.31. The highest BCUT2D eigenvalue weighted by Crippen LogP contribution is 2.34. The van der Waals surface area contributed by atoms with Crippen LogP contribution in [-0.4, -0.2) is 32.8 Å². The number of piperidine rings is 1. The van der Waals surface area contributed by atoms with Crippen LogP contribution in [0.3, 0.4) is 0 Å². The summed E-state index contributed by atoms with van der Waals surface area (Å²) >= 11 is 0. The van der Waals surface area contributed by atoms with E-state index in [2.05, 4.69) is 10.0 Å². The second-order valence-electron chi connectivity index (χ2n) is 6.39. The van der Waals surface area contributed by atoms with Crippen molar-refractivity contribution in [1.29, 1.82) is 0 Å². The molecule has 0 aromatic carbocycles. The SMILES string of the molecule is CC1(S(=O)(=O)NCCC2CCNCC2)CCCCC1. The number of hydrogen-bond acceptors (Lipinski definition) is 3. The minimum atomic E-state index is -3.15. The molecule has 1 heterocycles. The molecule has 1 aliphatic heterocycles. The number of rotatable bonds is 5. The Kier molecular flexibility index (Phi) is 5.26. The third-order valence-corrected chi connectivity index (χ3v) is 7.15. The first-order valence-corrected chi connectivity index (χ1v) is 9.22. The lowest BCUT2D eigenvalue weighted by Crippen LogP contribution is -2.45. The summed E-state index contributed by atoms with van der Waals surface area (Å²) in [5.41, 5.74) is 0. The normalized spacial score (nSPS) is 25.3. The Morgan fingerprint density at radius 2 is 1.79 bits per heavy atom. The second kappa shape index (κ2) is 6.55. The van der Waals surface area contributed by atoms with Gasteiger partial charge in [0.2, 0.25) is 10.0 Å². The van der Waals surface area contributed by atoms with Crippen molar-refractivity contribution in [3.8, 4) is 0 Å². The zero-order valence-electron chi connectivity index (χ0n) is 12.1. The smallest absolute Gasteiger partial charge is 0.217 e. The summed E-state index contributed by atoms with van der Waals surface area (Å²) < 4.78 is 27.2. The first kappa shape index (κ1) is 15.3. The van der Waals surface area contributed by atoms with Gasteiger partial charge in [0.1, 0.15) is 0 Å². The Balaban J connectivity index is 1.80. The third-order valence-electron chi connectivity index (χ3n) is 4.86. The summed E-state index contributed by atoms with van der Waals surface area (Å²) in [6, 6.07) is 0. The van der Waals surface area contributed by atoms with E-state index in [1.807, 2.05) is 6.92 Å². The van der Waals surface area contributed by atoms with Crippen molar-refractivity contribution in [2.24, 2.45) is 5.92 Å². The first-order chi connectivity index (χ1) is 9.04. The molecule has 0 spiro atoms. The van der Waals surface area contributed by atoms with Gasteiger partial charge in [-0.1, -0.05) is 19.3 Å². The van der Waals surface area contributed by atoms with Crippen molar-refractivity contribution in [3.05, 3.63) is 0 Å². The molecule has 0 aromatic heterocycles. The topological polar surface area (TPSA) is 58.2 Å². The molecule has 2 aliphatic rings. The minimum absolute atomic E-state index is 0.528. The van der Waals surface area contributed by atoms with Gasteiger partial charge in [-0.3, -0.25) is 0 Å². The van der Waals surface area contributed by atoms with Crippen LogP contribution in [0.25, 0.3) is 0 Å². The maximum atomic E-state index is 12.4. The van der Waals surface area contributed by atoms with E-state index in [0.717, 1.165) is 45.2 Å². The average molecular weight is 288 g/mol. The van der Waals surface area contributed by atoms with Crippen LogP contribution >= 0.6 is 0 Å². The molecule has 2 rings (SSSR count). The van der Waals surface area contributed by atoms with Gasteiger partial charge < -0.3 is 5.32 Å². The van der Waals surface area contributed by atoms with Crippen LogP contribution in [-0.2, 0) is 10.0 Å². The molecule has 0 unspecified atom stereocenters. The molecule has 1 aliphatic carbocycles. The number of hydrogen-bond donors (Lipinski definition) is 2. The van der Waals surface area contributed by atoms with E-state index in [0.29, 0.717) is 12.5 Å². The predicted molar refractivity (Wildman–Crippen MR) is 78.6 cm³/mol.